The smallest absolute Gasteiger partial charge is 0.255 e. The lowest BCUT2D eigenvalue weighted by atomic mass is 9.99. The number of rotatable bonds is 4. The third-order valence-electron chi connectivity index (χ3n) is 4.92. The Balaban J connectivity index is 1.82. The van der Waals surface area contributed by atoms with Crippen LogP contribution < -0.4 is 14.5 Å². The molecule has 1 heterocycles. The summed E-state index contributed by atoms with van der Waals surface area (Å²) in [5.41, 5.74) is 1.94. The van der Waals surface area contributed by atoms with Gasteiger partial charge in [0.05, 0.1) is 12.8 Å². The summed E-state index contributed by atoms with van der Waals surface area (Å²) in [6.07, 6.45) is 0. The molecule has 146 valence electrons. The van der Waals surface area contributed by atoms with E-state index in [4.69, 9.17) is 16.3 Å². The van der Waals surface area contributed by atoms with Gasteiger partial charge in [-0.25, -0.2) is 0 Å². The number of anilines is 2. The molecule has 0 bridgehead atoms. The topological polar surface area (TPSA) is 49.9 Å². The lowest BCUT2D eigenvalue weighted by molar-refractivity contribution is -0.128. The summed E-state index contributed by atoms with van der Waals surface area (Å²) in [7, 11) is 1.55. The Morgan fingerprint density at radius 2 is 1.55 bits per heavy atom. The van der Waals surface area contributed by atoms with Crippen LogP contribution in [0.25, 0.3) is 0 Å². The second kappa shape index (κ2) is 7.97. The molecule has 0 radical (unpaired) electrons. The van der Waals surface area contributed by atoms with E-state index in [1.807, 2.05) is 42.5 Å². The largest absolute Gasteiger partial charge is 0.495 e. The van der Waals surface area contributed by atoms with E-state index in [1.165, 1.54) is 4.90 Å². The lowest BCUT2D eigenvalue weighted by Gasteiger charge is -2.40. The summed E-state index contributed by atoms with van der Waals surface area (Å²) in [6.45, 7) is -0.0782. The van der Waals surface area contributed by atoms with Gasteiger partial charge in [-0.05, 0) is 42.0 Å². The molecule has 0 saturated carbocycles. The molecule has 4 rings (SSSR count). The van der Waals surface area contributed by atoms with Crippen LogP contribution in [0.5, 0.6) is 5.75 Å². The van der Waals surface area contributed by atoms with Crippen LogP contribution >= 0.6 is 11.6 Å². The van der Waals surface area contributed by atoms with Gasteiger partial charge < -0.3 is 4.74 Å². The van der Waals surface area contributed by atoms with Crippen molar-refractivity contribution in [1.29, 1.82) is 0 Å². The summed E-state index contributed by atoms with van der Waals surface area (Å²) in [5.74, 6) is 0.155. The number of methoxy groups -OCH3 is 1. The fourth-order valence-electron chi connectivity index (χ4n) is 3.57. The van der Waals surface area contributed by atoms with Crippen molar-refractivity contribution in [2.75, 3.05) is 23.5 Å². The SMILES string of the molecule is COc1ccccc1N1CC(=O)N(c2ccc(Cl)cc2)[C@@H](c2ccccc2)C1=O. The number of piperazine rings is 1. The Bertz CT molecular complexity index is 1040. The molecule has 0 unspecified atom stereocenters. The number of halogens is 1. The zero-order valence-corrected chi connectivity index (χ0v) is 16.5. The molecule has 0 aromatic heterocycles. The van der Waals surface area contributed by atoms with Crippen molar-refractivity contribution in [3.8, 4) is 5.75 Å². The Kier molecular flexibility index (Phi) is 5.23. The molecule has 6 heteroatoms. The molecule has 1 fully saturated rings. The van der Waals surface area contributed by atoms with Gasteiger partial charge in [-0.3, -0.25) is 19.4 Å². The molecular formula is C23H19ClN2O3. The summed E-state index contributed by atoms with van der Waals surface area (Å²) in [5, 5.41) is 0.566. The van der Waals surface area contributed by atoms with E-state index in [-0.39, 0.29) is 18.4 Å². The van der Waals surface area contributed by atoms with Crippen molar-refractivity contribution in [2.24, 2.45) is 0 Å². The van der Waals surface area contributed by atoms with Crippen LogP contribution in [0.2, 0.25) is 5.02 Å². The Morgan fingerprint density at radius 3 is 2.24 bits per heavy atom. The van der Waals surface area contributed by atoms with Crippen molar-refractivity contribution in [3.63, 3.8) is 0 Å². The maximum absolute atomic E-state index is 13.6. The van der Waals surface area contributed by atoms with Crippen molar-refractivity contribution in [3.05, 3.63) is 89.4 Å². The van der Waals surface area contributed by atoms with Crippen LogP contribution in [0, 0.1) is 0 Å². The fourth-order valence-corrected chi connectivity index (χ4v) is 3.70. The molecule has 2 amide bonds. The average molecular weight is 407 g/mol. The van der Waals surface area contributed by atoms with Crippen molar-refractivity contribution in [1.82, 2.24) is 0 Å². The van der Waals surface area contributed by atoms with Crippen LogP contribution in [0.1, 0.15) is 11.6 Å². The minimum atomic E-state index is -0.788. The number of para-hydroxylation sites is 2. The third kappa shape index (κ3) is 3.57. The first-order chi connectivity index (χ1) is 14.1. The lowest BCUT2D eigenvalue weighted by Crippen LogP contribution is -2.56. The first kappa shape index (κ1) is 19.0. The van der Waals surface area contributed by atoms with Crippen LogP contribution in [-0.2, 0) is 9.59 Å². The Labute approximate surface area is 174 Å². The highest BCUT2D eigenvalue weighted by atomic mass is 35.5. The van der Waals surface area contributed by atoms with Crippen LogP contribution in [0.3, 0.4) is 0 Å². The molecule has 0 spiro atoms. The first-order valence-corrected chi connectivity index (χ1v) is 9.55. The quantitative estimate of drug-likeness (QED) is 0.642. The number of ether oxygens (including phenoxy) is 1. The van der Waals surface area contributed by atoms with Gasteiger partial charge in [0.2, 0.25) is 5.91 Å². The number of benzene rings is 3. The zero-order valence-electron chi connectivity index (χ0n) is 15.8. The van der Waals surface area contributed by atoms with Gasteiger partial charge in [-0.15, -0.1) is 0 Å². The summed E-state index contributed by atoms with van der Waals surface area (Å²) in [4.78, 5) is 29.9. The summed E-state index contributed by atoms with van der Waals surface area (Å²) in [6, 6.07) is 22.6. The zero-order chi connectivity index (χ0) is 20.4. The molecule has 3 aromatic carbocycles. The van der Waals surface area contributed by atoms with Gasteiger partial charge in [-0.1, -0.05) is 54.1 Å². The van der Waals surface area contributed by atoms with Crippen LogP contribution in [0.15, 0.2) is 78.9 Å². The molecule has 29 heavy (non-hydrogen) atoms. The predicted octanol–water partition coefficient (Wildman–Crippen LogP) is 4.47. The highest BCUT2D eigenvalue weighted by Crippen LogP contribution is 2.37. The standard InChI is InChI=1S/C23H19ClN2O3/c1-29-20-10-6-5-9-19(20)25-15-21(27)26(18-13-11-17(24)12-14-18)22(23(25)28)16-7-3-2-4-8-16/h2-14,22H,15H2,1H3/t22-/m0/s1. The summed E-state index contributed by atoms with van der Waals surface area (Å²) < 4.78 is 5.41. The fraction of sp³-hybridized carbons (Fsp3) is 0.130. The molecule has 1 saturated heterocycles. The molecular weight excluding hydrogens is 388 g/mol. The van der Waals surface area contributed by atoms with E-state index in [1.54, 1.807) is 48.4 Å². The van der Waals surface area contributed by atoms with E-state index in [2.05, 4.69) is 0 Å². The van der Waals surface area contributed by atoms with E-state index in [0.717, 1.165) is 5.56 Å². The maximum Gasteiger partial charge on any atom is 0.255 e. The number of carbonyl (C=O) groups is 2. The van der Waals surface area contributed by atoms with Crippen LogP contribution in [-0.4, -0.2) is 25.5 Å². The van der Waals surface area contributed by atoms with E-state index in [9.17, 15) is 9.59 Å². The van der Waals surface area contributed by atoms with E-state index in [0.29, 0.717) is 22.1 Å². The second-order valence-corrected chi connectivity index (χ2v) is 7.09. The Morgan fingerprint density at radius 1 is 0.897 bits per heavy atom. The number of nitrogens with zero attached hydrogens (tertiary/aromatic N) is 2. The van der Waals surface area contributed by atoms with Gasteiger partial charge >= 0.3 is 0 Å². The molecule has 1 atom stereocenters. The molecule has 0 aliphatic carbocycles. The second-order valence-electron chi connectivity index (χ2n) is 6.65. The minimum Gasteiger partial charge on any atom is -0.495 e. The molecule has 1 aliphatic rings. The number of hydrogen-bond acceptors (Lipinski definition) is 3. The van der Waals surface area contributed by atoms with Gasteiger partial charge in [0.25, 0.3) is 5.91 Å². The molecule has 3 aromatic rings. The monoisotopic (exact) mass is 406 g/mol. The minimum absolute atomic E-state index is 0.0782. The maximum atomic E-state index is 13.6. The van der Waals surface area contributed by atoms with Gasteiger partial charge in [-0.2, -0.15) is 0 Å². The van der Waals surface area contributed by atoms with Gasteiger partial charge in [0, 0.05) is 10.7 Å². The van der Waals surface area contributed by atoms with Crippen molar-refractivity contribution in [2.45, 2.75) is 6.04 Å². The van der Waals surface area contributed by atoms with E-state index >= 15 is 0 Å². The number of carbonyl (C=O) groups excluding carboxylic acids is 2. The molecule has 0 N–H and O–H groups in total. The predicted molar refractivity (Wildman–Crippen MR) is 113 cm³/mol. The highest BCUT2D eigenvalue weighted by molar-refractivity contribution is 6.30. The molecule has 1 aliphatic heterocycles. The number of hydrogen-bond donors (Lipinski definition) is 0. The summed E-state index contributed by atoms with van der Waals surface area (Å²) >= 11 is 6.01. The van der Waals surface area contributed by atoms with E-state index < -0.39 is 6.04 Å². The first-order valence-electron chi connectivity index (χ1n) is 9.17. The average Bonchev–Trinajstić information content (AvgIpc) is 2.76. The normalized spacial score (nSPS) is 16.8. The highest BCUT2D eigenvalue weighted by Gasteiger charge is 2.42. The number of amides is 2. The van der Waals surface area contributed by atoms with Gasteiger partial charge in [0.15, 0.2) is 0 Å². The van der Waals surface area contributed by atoms with Crippen molar-refractivity contribution < 1.29 is 14.3 Å². The third-order valence-corrected chi connectivity index (χ3v) is 5.17. The van der Waals surface area contributed by atoms with Crippen molar-refractivity contribution >= 4 is 34.8 Å². The molecule has 5 nitrogen and oxygen atoms in total. The van der Waals surface area contributed by atoms with Gasteiger partial charge in [0.1, 0.15) is 18.3 Å². The Hall–Kier alpha value is -3.31. The van der Waals surface area contributed by atoms with Crippen LogP contribution in [0.4, 0.5) is 11.4 Å².